The van der Waals surface area contributed by atoms with Crippen LogP contribution in [0.1, 0.15) is 20.3 Å². The molecule has 0 fully saturated rings. The fraction of sp³-hybridized carbons (Fsp3) is 0.333. The lowest BCUT2D eigenvalue weighted by Crippen LogP contribution is -2.23. The fourth-order valence-electron chi connectivity index (χ4n) is 1.81. The summed E-state index contributed by atoms with van der Waals surface area (Å²) in [6.07, 6.45) is 2.28. The molecule has 0 aliphatic carbocycles. The summed E-state index contributed by atoms with van der Waals surface area (Å²) in [5.41, 5.74) is 1.55. The van der Waals surface area contributed by atoms with Crippen LogP contribution in [0.25, 0.3) is 0 Å². The van der Waals surface area contributed by atoms with Crippen molar-refractivity contribution in [3.8, 4) is 6.07 Å². The van der Waals surface area contributed by atoms with Crippen LogP contribution in [-0.2, 0) is 4.79 Å². The molecule has 106 valence electrons. The molecular formula is C15H19N3O2. The Morgan fingerprint density at radius 3 is 2.50 bits per heavy atom. The average Bonchev–Trinajstić information content (AvgIpc) is 2.46. The van der Waals surface area contributed by atoms with E-state index in [0.717, 1.165) is 30.9 Å². The molecule has 1 aromatic rings. The molecular weight excluding hydrogens is 254 g/mol. The summed E-state index contributed by atoms with van der Waals surface area (Å²) in [7, 11) is 0. The zero-order valence-electron chi connectivity index (χ0n) is 11.8. The number of carboxylic acids is 1. The second kappa shape index (κ2) is 7.85. The maximum atomic E-state index is 10.7. The predicted octanol–water partition coefficient (Wildman–Crippen LogP) is 2.83. The zero-order valence-corrected chi connectivity index (χ0v) is 11.8. The first kappa shape index (κ1) is 15.6. The second-order valence-electron chi connectivity index (χ2n) is 4.25. The fourth-order valence-corrected chi connectivity index (χ4v) is 1.81. The number of nitriles is 1. The Balaban J connectivity index is 2.77. The molecule has 2 N–H and O–H groups in total. The lowest BCUT2D eigenvalue weighted by molar-refractivity contribution is -0.132. The third kappa shape index (κ3) is 4.32. The Morgan fingerprint density at radius 2 is 2.05 bits per heavy atom. The highest BCUT2D eigenvalue weighted by Gasteiger charge is 2.05. The van der Waals surface area contributed by atoms with E-state index in [1.165, 1.54) is 6.20 Å². The van der Waals surface area contributed by atoms with Crippen molar-refractivity contribution in [3.05, 3.63) is 36.0 Å². The minimum Gasteiger partial charge on any atom is -0.477 e. The molecule has 0 aromatic heterocycles. The van der Waals surface area contributed by atoms with E-state index < -0.39 is 5.97 Å². The van der Waals surface area contributed by atoms with Gasteiger partial charge in [0.05, 0.1) is 0 Å². The molecule has 0 spiro atoms. The van der Waals surface area contributed by atoms with Gasteiger partial charge in [-0.15, -0.1) is 0 Å². The highest BCUT2D eigenvalue weighted by atomic mass is 16.4. The van der Waals surface area contributed by atoms with Crippen LogP contribution in [0.15, 0.2) is 36.0 Å². The van der Waals surface area contributed by atoms with Crippen molar-refractivity contribution in [3.63, 3.8) is 0 Å². The molecule has 0 heterocycles. The molecule has 0 saturated heterocycles. The summed E-state index contributed by atoms with van der Waals surface area (Å²) in [6, 6.07) is 9.29. The molecule has 20 heavy (non-hydrogen) atoms. The Bertz CT molecular complexity index is 515. The van der Waals surface area contributed by atoms with Crippen molar-refractivity contribution in [2.24, 2.45) is 0 Å². The number of anilines is 2. The van der Waals surface area contributed by atoms with E-state index in [1.807, 2.05) is 24.3 Å². The van der Waals surface area contributed by atoms with Crippen LogP contribution in [0.3, 0.4) is 0 Å². The molecule has 0 unspecified atom stereocenters. The first-order chi connectivity index (χ1) is 9.62. The van der Waals surface area contributed by atoms with Gasteiger partial charge >= 0.3 is 5.97 Å². The summed E-state index contributed by atoms with van der Waals surface area (Å²) in [5.74, 6) is -1.24. The molecule has 0 atom stereocenters. The van der Waals surface area contributed by atoms with Gasteiger partial charge in [-0.05, 0) is 37.6 Å². The Kier molecular flexibility index (Phi) is 6.11. The first-order valence-electron chi connectivity index (χ1n) is 6.57. The molecule has 0 radical (unpaired) electrons. The van der Waals surface area contributed by atoms with Crippen LogP contribution in [0, 0.1) is 11.3 Å². The van der Waals surface area contributed by atoms with Crippen LogP contribution in [0.2, 0.25) is 0 Å². The first-order valence-corrected chi connectivity index (χ1v) is 6.57. The number of hydrogen-bond acceptors (Lipinski definition) is 4. The highest BCUT2D eigenvalue weighted by Crippen LogP contribution is 2.18. The third-order valence-electron chi connectivity index (χ3n) is 2.84. The summed E-state index contributed by atoms with van der Waals surface area (Å²) in [5, 5.41) is 20.2. The van der Waals surface area contributed by atoms with Crippen molar-refractivity contribution in [2.45, 2.75) is 20.3 Å². The molecule has 5 nitrogen and oxygen atoms in total. The van der Waals surface area contributed by atoms with E-state index in [9.17, 15) is 4.79 Å². The number of nitrogens with one attached hydrogen (secondary N) is 1. The molecule has 0 aliphatic heterocycles. The highest BCUT2D eigenvalue weighted by molar-refractivity contribution is 5.91. The molecule has 0 amide bonds. The number of nitrogens with zero attached hydrogens (tertiary/aromatic N) is 2. The molecule has 5 heteroatoms. The van der Waals surface area contributed by atoms with Gasteiger partial charge in [0.15, 0.2) is 5.57 Å². The van der Waals surface area contributed by atoms with Gasteiger partial charge in [-0.3, -0.25) is 0 Å². The summed E-state index contributed by atoms with van der Waals surface area (Å²) >= 11 is 0. The number of carbonyl (C=O) groups is 1. The van der Waals surface area contributed by atoms with Crippen LogP contribution >= 0.6 is 0 Å². The molecule has 1 rings (SSSR count). The van der Waals surface area contributed by atoms with Crippen molar-refractivity contribution >= 4 is 17.3 Å². The lowest BCUT2D eigenvalue weighted by atomic mass is 10.2. The SMILES string of the molecule is CCCN(CC)c1ccc(NC=C(C#N)C(=O)O)cc1. The van der Waals surface area contributed by atoms with Crippen LogP contribution in [0.4, 0.5) is 11.4 Å². The summed E-state index contributed by atoms with van der Waals surface area (Å²) < 4.78 is 0. The Labute approximate surface area is 119 Å². The van der Waals surface area contributed by atoms with E-state index >= 15 is 0 Å². The van der Waals surface area contributed by atoms with Gasteiger partial charge in [0.25, 0.3) is 0 Å². The standard InChI is InChI=1S/C15H19N3O2/c1-3-9-18(4-2)14-7-5-13(6-8-14)17-11-12(10-16)15(19)20/h5-8,11,17H,3-4,9H2,1-2H3,(H,19,20). The van der Waals surface area contributed by atoms with Gasteiger partial charge in [-0.2, -0.15) is 5.26 Å². The van der Waals surface area contributed by atoms with Gasteiger partial charge in [0.1, 0.15) is 6.07 Å². The maximum Gasteiger partial charge on any atom is 0.347 e. The average molecular weight is 273 g/mol. The number of carboxylic acid groups (broad SMARTS) is 1. The van der Waals surface area contributed by atoms with Crippen molar-refractivity contribution in [1.29, 1.82) is 5.26 Å². The third-order valence-corrected chi connectivity index (χ3v) is 2.84. The molecule has 0 saturated carbocycles. The molecule has 0 aliphatic rings. The number of hydrogen-bond donors (Lipinski definition) is 2. The second-order valence-corrected chi connectivity index (χ2v) is 4.25. The zero-order chi connectivity index (χ0) is 15.0. The van der Waals surface area contributed by atoms with Gasteiger partial charge < -0.3 is 15.3 Å². The van der Waals surface area contributed by atoms with Gasteiger partial charge in [0.2, 0.25) is 0 Å². The quantitative estimate of drug-likeness (QED) is 0.590. The molecule has 0 bridgehead atoms. The van der Waals surface area contributed by atoms with E-state index in [4.69, 9.17) is 10.4 Å². The topological polar surface area (TPSA) is 76.4 Å². The van der Waals surface area contributed by atoms with Crippen molar-refractivity contribution in [1.82, 2.24) is 0 Å². The van der Waals surface area contributed by atoms with E-state index in [0.29, 0.717) is 0 Å². The number of aliphatic carboxylic acids is 1. The van der Waals surface area contributed by atoms with Crippen LogP contribution < -0.4 is 10.2 Å². The van der Waals surface area contributed by atoms with Crippen molar-refractivity contribution in [2.75, 3.05) is 23.3 Å². The smallest absolute Gasteiger partial charge is 0.347 e. The number of rotatable bonds is 7. The Hall–Kier alpha value is -2.48. The van der Waals surface area contributed by atoms with Gasteiger partial charge in [0, 0.05) is 30.7 Å². The maximum absolute atomic E-state index is 10.7. The minimum atomic E-state index is -1.24. The van der Waals surface area contributed by atoms with Gasteiger partial charge in [-0.1, -0.05) is 6.92 Å². The number of benzene rings is 1. The lowest BCUT2D eigenvalue weighted by Gasteiger charge is -2.22. The van der Waals surface area contributed by atoms with Crippen LogP contribution in [0.5, 0.6) is 0 Å². The van der Waals surface area contributed by atoms with E-state index in [2.05, 4.69) is 24.1 Å². The molecule has 1 aromatic carbocycles. The van der Waals surface area contributed by atoms with E-state index in [1.54, 1.807) is 6.07 Å². The monoisotopic (exact) mass is 273 g/mol. The normalized spacial score (nSPS) is 10.8. The van der Waals surface area contributed by atoms with Crippen molar-refractivity contribution < 1.29 is 9.90 Å². The van der Waals surface area contributed by atoms with Crippen LogP contribution in [-0.4, -0.2) is 24.2 Å². The summed E-state index contributed by atoms with van der Waals surface area (Å²) in [6.45, 7) is 6.19. The largest absolute Gasteiger partial charge is 0.477 e. The minimum absolute atomic E-state index is 0.324. The van der Waals surface area contributed by atoms with Gasteiger partial charge in [-0.25, -0.2) is 4.79 Å². The Morgan fingerprint density at radius 1 is 1.40 bits per heavy atom. The summed E-state index contributed by atoms with van der Waals surface area (Å²) in [4.78, 5) is 12.9. The predicted molar refractivity (Wildman–Crippen MR) is 79.6 cm³/mol. The van der Waals surface area contributed by atoms with E-state index in [-0.39, 0.29) is 5.57 Å².